The molecule has 1 fully saturated rings. The minimum absolute atomic E-state index is 0.0723. The molecule has 134 valence electrons. The number of thiophene rings is 1. The normalized spacial score (nSPS) is 17.0. The van der Waals surface area contributed by atoms with E-state index in [1.165, 1.54) is 11.1 Å². The Balaban J connectivity index is 1.42. The molecule has 0 spiro atoms. The van der Waals surface area contributed by atoms with Gasteiger partial charge >= 0.3 is 0 Å². The first-order valence-corrected chi connectivity index (χ1v) is 10.9. The SMILES string of the molecule is O=C(NCCSCc1ccc(Br)s1)C1CCCN1C(=O)c1ccco1. The van der Waals surface area contributed by atoms with Gasteiger partial charge in [0.1, 0.15) is 6.04 Å². The number of amides is 2. The first kappa shape index (κ1) is 18.5. The number of nitrogens with one attached hydrogen (secondary N) is 1. The molecule has 0 radical (unpaired) electrons. The van der Waals surface area contributed by atoms with Crippen LogP contribution in [0.15, 0.2) is 38.7 Å². The summed E-state index contributed by atoms with van der Waals surface area (Å²) in [5, 5.41) is 2.96. The Morgan fingerprint density at radius 1 is 1.40 bits per heavy atom. The maximum atomic E-state index is 12.4. The molecule has 3 rings (SSSR count). The Morgan fingerprint density at radius 2 is 2.28 bits per heavy atom. The van der Waals surface area contributed by atoms with Gasteiger partial charge in [-0.15, -0.1) is 11.3 Å². The Kier molecular flexibility index (Phi) is 6.61. The molecule has 0 aromatic carbocycles. The first-order valence-electron chi connectivity index (χ1n) is 8.09. The van der Waals surface area contributed by atoms with Crippen LogP contribution in [-0.4, -0.2) is 41.6 Å². The van der Waals surface area contributed by atoms with Gasteiger partial charge in [-0.1, -0.05) is 0 Å². The smallest absolute Gasteiger partial charge is 0.290 e. The molecule has 0 bridgehead atoms. The average molecular weight is 443 g/mol. The van der Waals surface area contributed by atoms with Gasteiger partial charge in [-0.3, -0.25) is 9.59 Å². The molecule has 1 aliphatic heterocycles. The van der Waals surface area contributed by atoms with Crippen molar-refractivity contribution in [2.45, 2.75) is 24.6 Å². The highest BCUT2D eigenvalue weighted by molar-refractivity contribution is 9.11. The summed E-state index contributed by atoms with van der Waals surface area (Å²) in [5.74, 6) is 1.80. The Morgan fingerprint density at radius 3 is 3.00 bits per heavy atom. The van der Waals surface area contributed by atoms with Crippen molar-refractivity contribution in [1.82, 2.24) is 10.2 Å². The minimum atomic E-state index is -0.393. The quantitative estimate of drug-likeness (QED) is 0.662. The van der Waals surface area contributed by atoms with Gasteiger partial charge in [0.25, 0.3) is 5.91 Å². The van der Waals surface area contributed by atoms with E-state index in [0.29, 0.717) is 19.5 Å². The third-order valence-electron chi connectivity index (χ3n) is 3.97. The molecule has 0 aliphatic carbocycles. The zero-order valence-electron chi connectivity index (χ0n) is 13.6. The molecular formula is C17H19BrN2O3S2. The van der Waals surface area contributed by atoms with Crippen molar-refractivity contribution in [3.63, 3.8) is 0 Å². The molecule has 1 unspecified atom stereocenters. The Bertz CT molecular complexity index is 717. The first-order chi connectivity index (χ1) is 12.1. The summed E-state index contributed by atoms with van der Waals surface area (Å²) in [7, 11) is 0. The van der Waals surface area contributed by atoms with Gasteiger partial charge in [-0.05, 0) is 53.0 Å². The number of carbonyl (C=O) groups is 2. The van der Waals surface area contributed by atoms with E-state index in [-0.39, 0.29) is 17.6 Å². The van der Waals surface area contributed by atoms with Crippen LogP contribution < -0.4 is 5.32 Å². The van der Waals surface area contributed by atoms with Crippen molar-refractivity contribution in [1.29, 1.82) is 0 Å². The van der Waals surface area contributed by atoms with Gasteiger partial charge in [-0.2, -0.15) is 11.8 Å². The van der Waals surface area contributed by atoms with Crippen LogP contribution in [0, 0.1) is 0 Å². The molecule has 1 N–H and O–H groups in total. The summed E-state index contributed by atoms with van der Waals surface area (Å²) in [4.78, 5) is 27.8. The predicted octanol–water partition coefficient (Wildman–Crippen LogP) is 3.76. The number of halogens is 1. The van der Waals surface area contributed by atoms with Crippen LogP contribution in [0.3, 0.4) is 0 Å². The van der Waals surface area contributed by atoms with E-state index in [1.54, 1.807) is 40.1 Å². The predicted molar refractivity (Wildman–Crippen MR) is 104 cm³/mol. The molecular weight excluding hydrogens is 424 g/mol. The van der Waals surface area contributed by atoms with E-state index < -0.39 is 6.04 Å². The maximum Gasteiger partial charge on any atom is 0.290 e. The van der Waals surface area contributed by atoms with E-state index >= 15 is 0 Å². The van der Waals surface area contributed by atoms with Crippen molar-refractivity contribution in [2.24, 2.45) is 0 Å². The number of furan rings is 1. The van der Waals surface area contributed by atoms with Gasteiger partial charge in [0.2, 0.25) is 5.91 Å². The number of thioether (sulfide) groups is 1. The third kappa shape index (κ3) is 4.89. The maximum absolute atomic E-state index is 12.4. The largest absolute Gasteiger partial charge is 0.459 e. The molecule has 1 atom stereocenters. The average Bonchev–Trinajstić information content (AvgIpc) is 3.35. The number of carbonyl (C=O) groups excluding carboxylic acids is 2. The summed E-state index contributed by atoms with van der Waals surface area (Å²) in [6.07, 6.45) is 3.02. The van der Waals surface area contributed by atoms with Gasteiger partial charge in [0, 0.05) is 29.5 Å². The second-order valence-electron chi connectivity index (χ2n) is 5.68. The topological polar surface area (TPSA) is 62.6 Å². The van der Waals surface area contributed by atoms with Crippen molar-refractivity contribution >= 4 is 50.8 Å². The summed E-state index contributed by atoms with van der Waals surface area (Å²) in [6, 6.07) is 7.08. The van der Waals surface area contributed by atoms with Gasteiger partial charge in [-0.25, -0.2) is 0 Å². The highest BCUT2D eigenvalue weighted by atomic mass is 79.9. The summed E-state index contributed by atoms with van der Waals surface area (Å²) >= 11 is 6.98. The summed E-state index contributed by atoms with van der Waals surface area (Å²) in [6.45, 7) is 1.20. The van der Waals surface area contributed by atoms with Crippen LogP contribution >= 0.6 is 39.0 Å². The van der Waals surface area contributed by atoms with E-state index in [4.69, 9.17) is 4.42 Å². The number of hydrogen-bond acceptors (Lipinski definition) is 5. The van der Waals surface area contributed by atoms with E-state index in [0.717, 1.165) is 21.7 Å². The number of hydrogen-bond donors (Lipinski definition) is 1. The fourth-order valence-corrected chi connectivity index (χ4v) is 5.24. The molecule has 8 heteroatoms. The van der Waals surface area contributed by atoms with Crippen LogP contribution in [0.4, 0.5) is 0 Å². The molecule has 1 aliphatic rings. The summed E-state index contributed by atoms with van der Waals surface area (Å²) in [5.41, 5.74) is 0. The standard InChI is InChI=1S/C17H19BrN2O3S2/c18-15-6-5-12(25-15)11-24-10-7-19-16(21)13-3-1-8-20(13)17(22)14-4-2-9-23-14/h2,4-6,9,13H,1,3,7-8,10-11H2,(H,19,21). The Labute approximate surface area is 163 Å². The minimum Gasteiger partial charge on any atom is -0.459 e. The van der Waals surface area contributed by atoms with E-state index in [1.807, 2.05) is 6.07 Å². The van der Waals surface area contributed by atoms with Crippen molar-refractivity contribution in [2.75, 3.05) is 18.8 Å². The second kappa shape index (κ2) is 8.91. The van der Waals surface area contributed by atoms with Crippen molar-refractivity contribution < 1.29 is 14.0 Å². The molecule has 3 heterocycles. The highest BCUT2D eigenvalue weighted by Gasteiger charge is 2.35. The second-order valence-corrected chi connectivity index (χ2v) is 9.34. The number of nitrogens with zero attached hydrogens (tertiary/aromatic N) is 1. The Hall–Kier alpha value is -1.25. The fraction of sp³-hybridized carbons (Fsp3) is 0.412. The molecule has 25 heavy (non-hydrogen) atoms. The highest BCUT2D eigenvalue weighted by Crippen LogP contribution is 2.25. The van der Waals surface area contributed by atoms with Crippen LogP contribution in [0.2, 0.25) is 0 Å². The lowest BCUT2D eigenvalue weighted by Crippen LogP contribution is -2.46. The zero-order valence-corrected chi connectivity index (χ0v) is 16.8. The zero-order chi connectivity index (χ0) is 17.6. The molecule has 2 amide bonds. The lowest BCUT2D eigenvalue weighted by molar-refractivity contribution is -0.124. The van der Waals surface area contributed by atoms with Crippen LogP contribution in [0.25, 0.3) is 0 Å². The third-order valence-corrected chi connectivity index (χ3v) is 6.78. The van der Waals surface area contributed by atoms with Crippen LogP contribution in [0.5, 0.6) is 0 Å². The van der Waals surface area contributed by atoms with Crippen molar-refractivity contribution in [3.8, 4) is 0 Å². The molecule has 1 saturated heterocycles. The summed E-state index contributed by atoms with van der Waals surface area (Å²) < 4.78 is 6.30. The molecule has 2 aromatic heterocycles. The van der Waals surface area contributed by atoms with E-state index in [2.05, 4.69) is 27.3 Å². The lowest BCUT2D eigenvalue weighted by atomic mass is 10.2. The fourth-order valence-electron chi connectivity index (χ4n) is 2.79. The monoisotopic (exact) mass is 442 g/mol. The molecule has 5 nitrogen and oxygen atoms in total. The molecule has 2 aromatic rings. The van der Waals surface area contributed by atoms with Gasteiger partial charge < -0.3 is 14.6 Å². The van der Waals surface area contributed by atoms with Crippen LogP contribution in [0.1, 0.15) is 28.3 Å². The number of likely N-dealkylation sites (tertiary alicyclic amines) is 1. The van der Waals surface area contributed by atoms with Gasteiger partial charge in [0.15, 0.2) is 5.76 Å². The van der Waals surface area contributed by atoms with Gasteiger partial charge in [0.05, 0.1) is 10.0 Å². The van der Waals surface area contributed by atoms with Crippen LogP contribution in [-0.2, 0) is 10.5 Å². The molecule has 0 saturated carbocycles. The number of rotatable bonds is 7. The van der Waals surface area contributed by atoms with E-state index in [9.17, 15) is 9.59 Å². The lowest BCUT2D eigenvalue weighted by Gasteiger charge is -2.23. The van der Waals surface area contributed by atoms with Crippen molar-refractivity contribution in [3.05, 3.63) is 45.0 Å².